The van der Waals surface area contributed by atoms with Gasteiger partial charge in [0.25, 0.3) is 5.56 Å². The molecule has 0 unspecified atom stereocenters. The summed E-state index contributed by atoms with van der Waals surface area (Å²) in [6.07, 6.45) is 5.39. The van der Waals surface area contributed by atoms with E-state index in [1.54, 1.807) is 10.9 Å². The van der Waals surface area contributed by atoms with Gasteiger partial charge >= 0.3 is 0 Å². The Morgan fingerprint density at radius 3 is 2.38 bits per heavy atom. The van der Waals surface area contributed by atoms with E-state index >= 15 is 0 Å². The Hall–Kier alpha value is -2.38. The Bertz CT molecular complexity index is 940. The van der Waals surface area contributed by atoms with Crippen molar-refractivity contribution in [3.8, 4) is 0 Å². The highest BCUT2D eigenvalue weighted by Gasteiger charge is 2.31. The van der Waals surface area contributed by atoms with Gasteiger partial charge in [0.2, 0.25) is 11.9 Å². The molecule has 2 fully saturated rings. The summed E-state index contributed by atoms with van der Waals surface area (Å²) in [4.78, 5) is 37.2. The average Bonchev–Trinajstić information content (AvgIpc) is 3.13. The van der Waals surface area contributed by atoms with Crippen LogP contribution in [0.15, 0.2) is 11.0 Å². The molecule has 8 nitrogen and oxygen atoms in total. The maximum atomic E-state index is 12.9. The van der Waals surface area contributed by atoms with Crippen LogP contribution in [-0.4, -0.2) is 56.7 Å². The van der Waals surface area contributed by atoms with Gasteiger partial charge in [-0.2, -0.15) is 10.1 Å². The summed E-state index contributed by atoms with van der Waals surface area (Å²) >= 11 is 0. The standard InChI is InChI=1S/C21H32N6O2/c1-14-5-9-25(10-6-14)19(29)15-7-11-26(12-8-15)20-23-17-16(18(28)24-20)13-22-27(17)21(2,3)4/h13-15H,5-12H2,1-4H3,(H,23,24,28). The van der Waals surface area contributed by atoms with Crippen LogP contribution in [0.2, 0.25) is 0 Å². The molecule has 158 valence electrons. The van der Waals surface area contributed by atoms with Crippen molar-refractivity contribution in [3.63, 3.8) is 0 Å². The topological polar surface area (TPSA) is 87.1 Å². The zero-order chi connectivity index (χ0) is 20.8. The number of nitrogens with zero attached hydrogens (tertiary/aromatic N) is 5. The van der Waals surface area contributed by atoms with E-state index in [9.17, 15) is 9.59 Å². The Balaban J connectivity index is 1.48. The summed E-state index contributed by atoms with van der Waals surface area (Å²) in [7, 11) is 0. The fourth-order valence-electron chi connectivity index (χ4n) is 4.37. The molecule has 1 N–H and O–H groups in total. The minimum atomic E-state index is -0.259. The van der Waals surface area contributed by atoms with E-state index in [1.807, 2.05) is 25.7 Å². The summed E-state index contributed by atoms with van der Waals surface area (Å²) in [5.74, 6) is 1.68. The van der Waals surface area contributed by atoms with Gasteiger partial charge in [-0.3, -0.25) is 14.6 Å². The number of carbonyl (C=O) groups is 1. The van der Waals surface area contributed by atoms with Crippen molar-refractivity contribution >= 4 is 22.9 Å². The molecule has 4 rings (SSSR count). The SMILES string of the molecule is CC1CCN(C(=O)C2CCN(c3nc4c(cnn4C(C)(C)C)c(=O)[nH]3)CC2)CC1. The van der Waals surface area contributed by atoms with E-state index in [-0.39, 0.29) is 17.0 Å². The predicted molar refractivity (Wildman–Crippen MR) is 113 cm³/mol. The van der Waals surface area contributed by atoms with Crippen molar-refractivity contribution in [2.45, 2.75) is 58.9 Å². The lowest BCUT2D eigenvalue weighted by molar-refractivity contribution is -0.137. The van der Waals surface area contributed by atoms with Crippen LogP contribution in [0.3, 0.4) is 0 Å². The predicted octanol–water partition coefficient (Wildman–Crippen LogP) is 2.35. The summed E-state index contributed by atoms with van der Waals surface area (Å²) < 4.78 is 1.80. The highest BCUT2D eigenvalue weighted by molar-refractivity contribution is 5.79. The third-order valence-electron chi connectivity index (χ3n) is 6.30. The molecule has 2 saturated heterocycles. The molecular formula is C21H32N6O2. The minimum Gasteiger partial charge on any atom is -0.342 e. The first-order chi connectivity index (χ1) is 13.7. The second kappa shape index (κ2) is 7.46. The van der Waals surface area contributed by atoms with Crippen molar-refractivity contribution < 1.29 is 4.79 Å². The summed E-state index contributed by atoms with van der Waals surface area (Å²) in [5, 5.41) is 4.88. The normalized spacial score (nSPS) is 19.9. The van der Waals surface area contributed by atoms with Crippen LogP contribution < -0.4 is 10.5 Å². The van der Waals surface area contributed by atoms with Crippen molar-refractivity contribution in [1.29, 1.82) is 0 Å². The van der Waals surface area contributed by atoms with Crippen molar-refractivity contribution in [2.75, 3.05) is 31.1 Å². The summed E-state index contributed by atoms with van der Waals surface area (Å²) in [5.41, 5.74) is 0.184. The van der Waals surface area contributed by atoms with Crippen LogP contribution in [0.25, 0.3) is 11.0 Å². The number of aromatic amines is 1. The van der Waals surface area contributed by atoms with Gasteiger partial charge in [-0.1, -0.05) is 6.92 Å². The largest absolute Gasteiger partial charge is 0.342 e. The zero-order valence-corrected chi connectivity index (χ0v) is 17.9. The molecule has 2 aromatic heterocycles. The number of anilines is 1. The maximum Gasteiger partial charge on any atom is 0.263 e. The number of fused-ring (bicyclic) bond motifs is 1. The van der Waals surface area contributed by atoms with Gasteiger partial charge in [0.05, 0.1) is 11.7 Å². The number of rotatable bonds is 2. The lowest BCUT2D eigenvalue weighted by Crippen LogP contribution is -2.45. The maximum absolute atomic E-state index is 12.9. The number of nitrogens with one attached hydrogen (secondary N) is 1. The third-order valence-corrected chi connectivity index (χ3v) is 6.30. The molecule has 0 bridgehead atoms. The van der Waals surface area contributed by atoms with E-state index < -0.39 is 0 Å². The van der Waals surface area contributed by atoms with Gasteiger partial charge in [-0.05, 0) is 52.4 Å². The molecule has 0 aliphatic carbocycles. The lowest BCUT2D eigenvalue weighted by Gasteiger charge is -2.36. The fraction of sp³-hybridized carbons (Fsp3) is 0.714. The first-order valence-electron chi connectivity index (χ1n) is 10.8. The van der Waals surface area contributed by atoms with Gasteiger partial charge in [-0.25, -0.2) is 4.68 Å². The molecule has 8 heteroatoms. The highest BCUT2D eigenvalue weighted by atomic mass is 16.2. The fourth-order valence-corrected chi connectivity index (χ4v) is 4.37. The Morgan fingerprint density at radius 1 is 1.10 bits per heavy atom. The number of hydrogen-bond acceptors (Lipinski definition) is 5. The molecule has 4 heterocycles. The van der Waals surface area contributed by atoms with Crippen molar-refractivity contribution in [3.05, 3.63) is 16.6 Å². The third kappa shape index (κ3) is 3.89. The number of amides is 1. The molecule has 0 radical (unpaired) electrons. The first kappa shape index (κ1) is 19.9. The highest BCUT2D eigenvalue weighted by Crippen LogP contribution is 2.26. The number of likely N-dealkylation sites (tertiary alicyclic amines) is 1. The van der Waals surface area contributed by atoms with Gasteiger partial charge in [0.15, 0.2) is 5.65 Å². The molecule has 29 heavy (non-hydrogen) atoms. The summed E-state index contributed by atoms with van der Waals surface area (Å²) in [6.45, 7) is 11.6. The van der Waals surface area contributed by atoms with E-state index in [2.05, 4.69) is 21.9 Å². The molecule has 2 aromatic rings. The van der Waals surface area contributed by atoms with E-state index in [1.165, 1.54) is 0 Å². The van der Waals surface area contributed by atoms with Crippen LogP contribution in [0, 0.1) is 11.8 Å². The molecule has 2 aliphatic rings. The molecule has 0 saturated carbocycles. The molecule has 1 amide bonds. The van der Waals surface area contributed by atoms with Gasteiger partial charge in [-0.15, -0.1) is 0 Å². The molecular weight excluding hydrogens is 368 g/mol. The van der Waals surface area contributed by atoms with Crippen molar-refractivity contribution in [2.24, 2.45) is 11.8 Å². The number of piperidine rings is 2. The number of hydrogen-bond donors (Lipinski definition) is 1. The second-order valence-corrected chi connectivity index (χ2v) is 9.62. The monoisotopic (exact) mass is 400 g/mol. The smallest absolute Gasteiger partial charge is 0.263 e. The van der Waals surface area contributed by atoms with E-state index in [4.69, 9.17) is 4.98 Å². The molecule has 0 atom stereocenters. The molecule has 2 aliphatic heterocycles. The van der Waals surface area contributed by atoms with Gasteiger partial charge in [0.1, 0.15) is 5.39 Å². The molecule has 0 aromatic carbocycles. The lowest BCUT2D eigenvalue weighted by atomic mass is 9.93. The van der Waals surface area contributed by atoms with E-state index in [0.29, 0.717) is 22.9 Å². The second-order valence-electron chi connectivity index (χ2n) is 9.62. The number of carbonyl (C=O) groups excluding carboxylic acids is 1. The Kier molecular flexibility index (Phi) is 5.12. The first-order valence-corrected chi connectivity index (χ1v) is 10.8. The zero-order valence-electron chi connectivity index (χ0n) is 17.9. The molecule has 0 spiro atoms. The number of H-pyrrole nitrogens is 1. The van der Waals surface area contributed by atoms with Crippen LogP contribution in [0.4, 0.5) is 5.95 Å². The Morgan fingerprint density at radius 2 is 1.76 bits per heavy atom. The van der Waals surface area contributed by atoms with Gasteiger partial charge < -0.3 is 9.80 Å². The van der Waals surface area contributed by atoms with Crippen LogP contribution in [0.5, 0.6) is 0 Å². The summed E-state index contributed by atoms with van der Waals surface area (Å²) in [6, 6.07) is 0. The van der Waals surface area contributed by atoms with Crippen LogP contribution >= 0.6 is 0 Å². The van der Waals surface area contributed by atoms with Crippen molar-refractivity contribution in [1.82, 2.24) is 24.6 Å². The van der Waals surface area contributed by atoms with Crippen LogP contribution in [0.1, 0.15) is 53.4 Å². The van der Waals surface area contributed by atoms with Gasteiger partial charge in [0, 0.05) is 32.1 Å². The number of aromatic nitrogens is 4. The minimum absolute atomic E-state index is 0.0789. The average molecular weight is 401 g/mol. The van der Waals surface area contributed by atoms with E-state index in [0.717, 1.165) is 57.8 Å². The van der Waals surface area contributed by atoms with Crippen LogP contribution in [-0.2, 0) is 10.3 Å². The quantitative estimate of drug-likeness (QED) is 0.836. The Labute approximate surface area is 171 Å².